The maximum atomic E-state index is 13.3. The summed E-state index contributed by atoms with van der Waals surface area (Å²) in [6, 6.07) is 27.3. The summed E-state index contributed by atoms with van der Waals surface area (Å²) < 4.78 is 7.68. The van der Waals surface area contributed by atoms with Gasteiger partial charge in [-0.15, -0.1) is 0 Å². The summed E-state index contributed by atoms with van der Waals surface area (Å²) in [6.45, 7) is 4.59. The van der Waals surface area contributed by atoms with E-state index in [-0.39, 0.29) is 5.91 Å². The molecule has 6 nitrogen and oxygen atoms in total. The summed E-state index contributed by atoms with van der Waals surface area (Å²) in [5.74, 6) is 0.634. The molecule has 0 unspecified atom stereocenters. The molecule has 0 spiro atoms. The molecular weight excluding hydrogens is 436 g/mol. The molecule has 174 valence electrons. The third-order valence-electron chi connectivity index (χ3n) is 5.71. The number of ether oxygens (including phenoxy) is 1. The predicted molar refractivity (Wildman–Crippen MR) is 140 cm³/mol. The summed E-state index contributed by atoms with van der Waals surface area (Å²) in [7, 11) is 0. The Morgan fingerprint density at radius 3 is 2.34 bits per heavy atom. The minimum absolute atomic E-state index is 0.160. The van der Waals surface area contributed by atoms with Gasteiger partial charge in [-0.05, 0) is 55.8 Å². The molecule has 1 amide bonds. The molecular formula is C29H26N4O2. The minimum atomic E-state index is -0.160. The van der Waals surface area contributed by atoms with Crippen LogP contribution in [0, 0.1) is 0 Å². The van der Waals surface area contributed by atoms with E-state index in [1.807, 2.05) is 109 Å². The van der Waals surface area contributed by atoms with Crippen molar-refractivity contribution in [3.63, 3.8) is 0 Å². The van der Waals surface area contributed by atoms with Gasteiger partial charge in [0, 0.05) is 17.3 Å². The second-order valence-electron chi connectivity index (χ2n) is 8.29. The number of hydrogen-bond acceptors (Lipinski definition) is 4. The molecule has 1 aromatic heterocycles. The van der Waals surface area contributed by atoms with Crippen LogP contribution in [-0.4, -0.2) is 28.0 Å². The fourth-order valence-corrected chi connectivity index (χ4v) is 3.97. The zero-order valence-corrected chi connectivity index (χ0v) is 19.8. The molecule has 0 fully saturated rings. The molecule has 0 N–H and O–H groups in total. The number of anilines is 1. The van der Waals surface area contributed by atoms with E-state index in [4.69, 9.17) is 9.84 Å². The number of rotatable bonds is 7. The van der Waals surface area contributed by atoms with E-state index in [9.17, 15) is 4.79 Å². The van der Waals surface area contributed by atoms with E-state index >= 15 is 0 Å². The highest BCUT2D eigenvalue weighted by atomic mass is 16.5. The van der Waals surface area contributed by atoms with Crippen LogP contribution < -0.4 is 9.75 Å². The number of benzene rings is 3. The van der Waals surface area contributed by atoms with Crippen LogP contribution >= 0.6 is 0 Å². The maximum Gasteiger partial charge on any atom is 0.280 e. The van der Waals surface area contributed by atoms with E-state index in [0.29, 0.717) is 17.9 Å². The van der Waals surface area contributed by atoms with Gasteiger partial charge < -0.3 is 4.74 Å². The summed E-state index contributed by atoms with van der Waals surface area (Å²) in [4.78, 5) is 13.3. The summed E-state index contributed by atoms with van der Waals surface area (Å²) in [6.07, 6.45) is 4.76. The highest BCUT2D eigenvalue weighted by Crippen LogP contribution is 2.31. The van der Waals surface area contributed by atoms with E-state index in [2.05, 4.69) is 12.0 Å². The number of hydrogen-bond donors (Lipinski definition) is 0. The molecule has 1 aliphatic rings. The number of aromatic nitrogens is 2. The van der Waals surface area contributed by atoms with E-state index in [1.54, 1.807) is 0 Å². The van der Waals surface area contributed by atoms with Crippen molar-refractivity contribution in [2.45, 2.75) is 20.3 Å². The highest BCUT2D eigenvalue weighted by Gasteiger charge is 2.29. The first-order chi connectivity index (χ1) is 17.1. The average Bonchev–Trinajstić information content (AvgIpc) is 3.45. The Bertz CT molecular complexity index is 1410. The van der Waals surface area contributed by atoms with Gasteiger partial charge in [-0.1, -0.05) is 55.5 Å². The van der Waals surface area contributed by atoms with Crippen LogP contribution in [0.2, 0.25) is 0 Å². The number of nitrogens with zero attached hydrogens (tertiary/aromatic N) is 4. The Hall–Kier alpha value is -4.45. The number of hydrazone groups is 1. The molecule has 1 aliphatic heterocycles. The van der Waals surface area contributed by atoms with Crippen LogP contribution in [0.4, 0.5) is 5.69 Å². The molecule has 2 heterocycles. The Morgan fingerprint density at radius 2 is 1.63 bits per heavy atom. The van der Waals surface area contributed by atoms with E-state index < -0.39 is 0 Å². The van der Waals surface area contributed by atoms with Gasteiger partial charge in [0.2, 0.25) is 0 Å². The lowest BCUT2D eigenvalue weighted by Crippen LogP contribution is -2.21. The monoisotopic (exact) mass is 462 g/mol. The van der Waals surface area contributed by atoms with Gasteiger partial charge in [-0.3, -0.25) is 4.79 Å². The zero-order valence-electron chi connectivity index (χ0n) is 19.8. The number of carbonyl (C=O) groups is 1. The quantitative estimate of drug-likeness (QED) is 0.310. The first kappa shape index (κ1) is 22.3. The molecule has 0 saturated heterocycles. The maximum absolute atomic E-state index is 13.3. The van der Waals surface area contributed by atoms with Crippen LogP contribution in [0.3, 0.4) is 0 Å². The van der Waals surface area contributed by atoms with Crippen molar-refractivity contribution in [2.75, 3.05) is 11.6 Å². The molecule has 0 bridgehead atoms. The van der Waals surface area contributed by atoms with Gasteiger partial charge in [-0.2, -0.15) is 15.2 Å². The van der Waals surface area contributed by atoms with Crippen molar-refractivity contribution in [2.24, 2.45) is 5.10 Å². The predicted octanol–water partition coefficient (Wildman–Crippen LogP) is 6.13. The van der Waals surface area contributed by atoms with Crippen molar-refractivity contribution in [3.05, 3.63) is 102 Å². The van der Waals surface area contributed by atoms with Gasteiger partial charge in [-0.25, -0.2) is 4.68 Å². The minimum Gasteiger partial charge on any atom is -0.494 e. The first-order valence-corrected chi connectivity index (χ1v) is 11.7. The van der Waals surface area contributed by atoms with Crippen molar-refractivity contribution in [1.29, 1.82) is 0 Å². The van der Waals surface area contributed by atoms with Crippen LogP contribution in [0.25, 0.3) is 23.0 Å². The largest absolute Gasteiger partial charge is 0.494 e. The van der Waals surface area contributed by atoms with Crippen molar-refractivity contribution >= 4 is 23.4 Å². The molecule has 0 saturated carbocycles. The van der Waals surface area contributed by atoms with Crippen LogP contribution in [-0.2, 0) is 4.79 Å². The Kier molecular flexibility index (Phi) is 6.26. The van der Waals surface area contributed by atoms with Crippen molar-refractivity contribution < 1.29 is 9.53 Å². The van der Waals surface area contributed by atoms with Gasteiger partial charge in [0.1, 0.15) is 11.4 Å². The first-order valence-electron chi connectivity index (χ1n) is 11.7. The van der Waals surface area contributed by atoms with Gasteiger partial charge in [0.05, 0.1) is 29.3 Å². The van der Waals surface area contributed by atoms with E-state index in [0.717, 1.165) is 40.4 Å². The summed E-state index contributed by atoms with van der Waals surface area (Å²) in [5, 5.41) is 10.9. The summed E-state index contributed by atoms with van der Waals surface area (Å²) in [5.41, 5.74) is 5.39. The SMILES string of the molecule is CCCOc1cccc(-c2nn(-c3ccccc3)cc2C=C2C(=O)N(c3ccccc3)N=C2C)c1. The lowest BCUT2D eigenvalue weighted by molar-refractivity contribution is -0.114. The third-order valence-corrected chi connectivity index (χ3v) is 5.71. The molecule has 0 atom stereocenters. The van der Waals surface area contributed by atoms with E-state index in [1.165, 1.54) is 5.01 Å². The fraction of sp³-hybridized carbons (Fsp3) is 0.138. The van der Waals surface area contributed by atoms with Gasteiger partial charge in [0.25, 0.3) is 5.91 Å². The molecule has 35 heavy (non-hydrogen) atoms. The third kappa shape index (κ3) is 4.64. The second-order valence-corrected chi connectivity index (χ2v) is 8.29. The Labute approximate surface area is 204 Å². The average molecular weight is 463 g/mol. The van der Waals surface area contributed by atoms with Crippen molar-refractivity contribution in [3.8, 4) is 22.7 Å². The smallest absolute Gasteiger partial charge is 0.280 e. The number of para-hydroxylation sites is 2. The fourth-order valence-electron chi connectivity index (χ4n) is 3.97. The lowest BCUT2D eigenvalue weighted by Gasteiger charge is -2.11. The summed E-state index contributed by atoms with van der Waals surface area (Å²) >= 11 is 0. The Morgan fingerprint density at radius 1 is 0.914 bits per heavy atom. The topological polar surface area (TPSA) is 59.7 Å². The Balaban J connectivity index is 1.58. The second kappa shape index (κ2) is 9.81. The van der Waals surface area contributed by atoms with Crippen LogP contribution in [0.15, 0.2) is 102 Å². The van der Waals surface area contributed by atoms with Gasteiger partial charge >= 0.3 is 0 Å². The van der Waals surface area contributed by atoms with Crippen LogP contribution in [0.5, 0.6) is 5.75 Å². The molecule has 3 aromatic carbocycles. The zero-order chi connectivity index (χ0) is 24.2. The highest BCUT2D eigenvalue weighted by molar-refractivity contribution is 6.32. The standard InChI is InChI=1S/C29H26N4O2/c1-3-17-35-26-16-10-11-22(18-26)28-23(20-32(31-28)24-12-6-4-7-13-24)19-27-21(2)30-33(29(27)34)25-14-8-5-9-15-25/h4-16,18-20H,3,17H2,1-2H3. The number of amides is 1. The normalized spacial score (nSPS) is 14.5. The van der Waals surface area contributed by atoms with Gasteiger partial charge in [0.15, 0.2) is 0 Å². The molecule has 0 aliphatic carbocycles. The van der Waals surface area contributed by atoms with Crippen LogP contribution in [0.1, 0.15) is 25.8 Å². The number of carbonyl (C=O) groups excluding carboxylic acids is 1. The molecule has 6 heteroatoms. The molecule has 4 aromatic rings. The lowest BCUT2D eigenvalue weighted by atomic mass is 10.0. The molecule has 0 radical (unpaired) electrons. The molecule has 5 rings (SSSR count). The van der Waals surface area contributed by atoms with Crippen molar-refractivity contribution in [1.82, 2.24) is 9.78 Å².